The largest absolute Gasteiger partial charge is 0.309 e. The molecule has 10 aromatic rings. The lowest BCUT2D eigenvalue weighted by Crippen LogP contribution is -2.13. The van der Waals surface area contributed by atoms with E-state index in [0.29, 0.717) is 0 Å². The second-order valence-electron chi connectivity index (χ2n) is 14.1. The molecule has 1 nitrogen and oxygen atoms in total. The highest BCUT2D eigenvalue weighted by molar-refractivity contribution is 6.15. The SMILES string of the molecule is c1ccc(-c2ccccc2-c2c(-c3ccccc3)cccc2N(c2cccc(-c3ccc4ccccc4c3)c2)c2cc3ccccc3c3ccccc23)cc1. The van der Waals surface area contributed by atoms with Crippen LogP contribution < -0.4 is 4.90 Å². The lowest BCUT2D eigenvalue weighted by molar-refractivity contribution is 1.30. The molecule has 258 valence electrons. The summed E-state index contributed by atoms with van der Waals surface area (Å²) in [4.78, 5) is 2.50. The van der Waals surface area contributed by atoms with Gasteiger partial charge >= 0.3 is 0 Å². The highest BCUT2D eigenvalue weighted by Gasteiger charge is 2.24. The van der Waals surface area contributed by atoms with Crippen molar-refractivity contribution in [1.82, 2.24) is 0 Å². The molecule has 0 aliphatic heterocycles. The third-order valence-electron chi connectivity index (χ3n) is 10.8. The Labute approximate surface area is 322 Å². The summed E-state index contributed by atoms with van der Waals surface area (Å²) in [6.45, 7) is 0. The fourth-order valence-electron chi connectivity index (χ4n) is 8.26. The monoisotopic (exact) mass is 699 g/mol. The minimum Gasteiger partial charge on any atom is -0.309 e. The van der Waals surface area contributed by atoms with Gasteiger partial charge in [-0.05, 0) is 96.2 Å². The Hall–Kier alpha value is -7.22. The average Bonchev–Trinajstić information content (AvgIpc) is 3.27. The first-order chi connectivity index (χ1) is 27.3. The zero-order chi connectivity index (χ0) is 36.6. The summed E-state index contributed by atoms with van der Waals surface area (Å²) in [6, 6.07) is 81.7. The molecular formula is C54H37N. The molecule has 0 amide bonds. The maximum Gasteiger partial charge on any atom is 0.0546 e. The maximum atomic E-state index is 2.50. The quantitative estimate of drug-likeness (QED) is 0.150. The number of anilines is 3. The van der Waals surface area contributed by atoms with Gasteiger partial charge in [0.15, 0.2) is 0 Å². The lowest BCUT2D eigenvalue weighted by Gasteiger charge is -2.31. The van der Waals surface area contributed by atoms with Gasteiger partial charge in [0, 0.05) is 16.6 Å². The van der Waals surface area contributed by atoms with Crippen LogP contribution >= 0.6 is 0 Å². The maximum absolute atomic E-state index is 2.50. The highest BCUT2D eigenvalue weighted by Crippen LogP contribution is 2.50. The van der Waals surface area contributed by atoms with Gasteiger partial charge in [-0.15, -0.1) is 0 Å². The fourth-order valence-corrected chi connectivity index (χ4v) is 8.26. The van der Waals surface area contributed by atoms with E-state index in [2.05, 4.69) is 229 Å². The molecule has 0 radical (unpaired) electrons. The summed E-state index contributed by atoms with van der Waals surface area (Å²) >= 11 is 0. The summed E-state index contributed by atoms with van der Waals surface area (Å²) < 4.78 is 0. The van der Waals surface area contributed by atoms with Crippen molar-refractivity contribution in [3.05, 3.63) is 224 Å². The van der Waals surface area contributed by atoms with Gasteiger partial charge in [-0.1, -0.05) is 194 Å². The van der Waals surface area contributed by atoms with Crippen molar-refractivity contribution in [2.75, 3.05) is 4.90 Å². The average molecular weight is 700 g/mol. The van der Waals surface area contributed by atoms with Crippen LogP contribution in [0.3, 0.4) is 0 Å². The van der Waals surface area contributed by atoms with Crippen LogP contribution in [-0.4, -0.2) is 0 Å². The summed E-state index contributed by atoms with van der Waals surface area (Å²) in [5.74, 6) is 0. The van der Waals surface area contributed by atoms with E-state index in [4.69, 9.17) is 0 Å². The highest BCUT2D eigenvalue weighted by atomic mass is 15.1. The van der Waals surface area contributed by atoms with E-state index in [1.807, 2.05) is 0 Å². The Balaban J connectivity index is 1.30. The molecule has 0 saturated heterocycles. The Morgan fingerprint density at radius 2 is 0.800 bits per heavy atom. The van der Waals surface area contributed by atoms with Gasteiger partial charge in [0.05, 0.1) is 11.4 Å². The molecule has 0 N–H and O–H groups in total. The molecule has 10 rings (SSSR count). The van der Waals surface area contributed by atoms with Crippen LogP contribution in [0.25, 0.3) is 76.8 Å². The zero-order valence-corrected chi connectivity index (χ0v) is 30.3. The number of hydrogen-bond acceptors (Lipinski definition) is 1. The number of nitrogens with zero attached hydrogens (tertiary/aromatic N) is 1. The van der Waals surface area contributed by atoms with E-state index in [1.54, 1.807) is 0 Å². The second kappa shape index (κ2) is 14.0. The topological polar surface area (TPSA) is 3.24 Å². The predicted molar refractivity (Wildman–Crippen MR) is 235 cm³/mol. The van der Waals surface area contributed by atoms with Gasteiger partial charge in [-0.3, -0.25) is 0 Å². The molecule has 0 aromatic heterocycles. The Kier molecular flexibility index (Phi) is 8.24. The molecule has 0 bridgehead atoms. The summed E-state index contributed by atoms with van der Waals surface area (Å²) in [7, 11) is 0. The third-order valence-corrected chi connectivity index (χ3v) is 10.8. The molecule has 0 saturated carbocycles. The molecule has 55 heavy (non-hydrogen) atoms. The molecule has 1 heteroatoms. The van der Waals surface area contributed by atoms with Gasteiger partial charge in [-0.25, -0.2) is 0 Å². The van der Waals surface area contributed by atoms with E-state index in [-0.39, 0.29) is 0 Å². The first kappa shape index (κ1) is 32.4. The van der Waals surface area contributed by atoms with Crippen LogP contribution in [-0.2, 0) is 0 Å². The normalized spacial score (nSPS) is 11.3. The standard InChI is InChI=1S/C54H37N/c1-3-18-39(19-4-1)46-26-11-14-30-51(46)54-48(40-20-5-2-6-21-40)31-16-32-52(54)55(53-37-44-23-9-10-27-47(44)49-28-12-13-29-50(49)53)45-25-15-24-42(36-45)43-34-33-38-17-7-8-22-41(38)35-43/h1-37H. The van der Waals surface area contributed by atoms with Crippen molar-refractivity contribution in [2.24, 2.45) is 0 Å². The number of hydrogen-bond donors (Lipinski definition) is 0. The van der Waals surface area contributed by atoms with Crippen molar-refractivity contribution in [1.29, 1.82) is 0 Å². The van der Waals surface area contributed by atoms with Crippen LogP contribution in [0, 0.1) is 0 Å². The van der Waals surface area contributed by atoms with Gasteiger partial charge in [-0.2, -0.15) is 0 Å². The van der Waals surface area contributed by atoms with Crippen molar-refractivity contribution in [3.8, 4) is 44.5 Å². The van der Waals surface area contributed by atoms with Crippen LogP contribution in [0.4, 0.5) is 17.1 Å². The van der Waals surface area contributed by atoms with Crippen molar-refractivity contribution >= 4 is 49.4 Å². The van der Waals surface area contributed by atoms with Gasteiger partial charge in [0.2, 0.25) is 0 Å². The Morgan fingerprint density at radius 1 is 0.255 bits per heavy atom. The van der Waals surface area contributed by atoms with E-state index < -0.39 is 0 Å². The van der Waals surface area contributed by atoms with Crippen molar-refractivity contribution < 1.29 is 0 Å². The minimum atomic E-state index is 1.09. The van der Waals surface area contributed by atoms with Crippen LogP contribution in [0.5, 0.6) is 0 Å². The van der Waals surface area contributed by atoms with Crippen LogP contribution in [0.1, 0.15) is 0 Å². The Morgan fingerprint density at radius 3 is 1.58 bits per heavy atom. The molecular weight excluding hydrogens is 663 g/mol. The number of benzene rings is 10. The van der Waals surface area contributed by atoms with Gasteiger partial charge in [0.25, 0.3) is 0 Å². The van der Waals surface area contributed by atoms with Gasteiger partial charge in [0.1, 0.15) is 0 Å². The molecule has 0 atom stereocenters. The number of rotatable bonds is 7. The van der Waals surface area contributed by atoms with E-state index in [1.165, 1.54) is 76.8 Å². The van der Waals surface area contributed by atoms with E-state index >= 15 is 0 Å². The first-order valence-corrected chi connectivity index (χ1v) is 18.9. The first-order valence-electron chi connectivity index (χ1n) is 18.9. The van der Waals surface area contributed by atoms with Crippen molar-refractivity contribution in [3.63, 3.8) is 0 Å². The fraction of sp³-hybridized carbons (Fsp3) is 0. The molecule has 10 aromatic carbocycles. The second-order valence-corrected chi connectivity index (χ2v) is 14.1. The summed E-state index contributed by atoms with van der Waals surface area (Å²) in [5.41, 5.74) is 12.8. The molecule has 0 fully saturated rings. The molecule has 0 aliphatic carbocycles. The predicted octanol–water partition coefficient (Wildman–Crippen LogP) is 15.3. The molecule has 0 unspecified atom stereocenters. The van der Waals surface area contributed by atoms with E-state index in [0.717, 1.165) is 17.1 Å². The van der Waals surface area contributed by atoms with E-state index in [9.17, 15) is 0 Å². The lowest BCUT2D eigenvalue weighted by atomic mass is 9.87. The third kappa shape index (κ3) is 5.93. The summed E-state index contributed by atoms with van der Waals surface area (Å²) in [6.07, 6.45) is 0. The molecule has 0 spiro atoms. The summed E-state index contributed by atoms with van der Waals surface area (Å²) in [5, 5.41) is 7.36. The smallest absolute Gasteiger partial charge is 0.0546 e. The van der Waals surface area contributed by atoms with Crippen LogP contribution in [0.2, 0.25) is 0 Å². The number of fused-ring (bicyclic) bond motifs is 4. The molecule has 0 heterocycles. The minimum absolute atomic E-state index is 1.09. The Bertz CT molecular complexity index is 2980. The van der Waals surface area contributed by atoms with Gasteiger partial charge < -0.3 is 4.90 Å². The zero-order valence-electron chi connectivity index (χ0n) is 30.3. The molecule has 0 aliphatic rings. The van der Waals surface area contributed by atoms with Crippen molar-refractivity contribution in [2.45, 2.75) is 0 Å². The van der Waals surface area contributed by atoms with Crippen LogP contribution in [0.15, 0.2) is 224 Å².